The van der Waals surface area contributed by atoms with Crippen molar-refractivity contribution in [2.45, 2.75) is 46.6 Å². The maximum absolute atomic E-state index is 12.2. The second-order valence-corrected chi connectivity index (χ2v) is 6.66. The summed E-state index contributed by atoms with van der Waals surface area (Å²) in [6, 6.07) is 4.39. The number of carbonyl (C=O) groups is 2. The van der Waals surface area contributed by atoms with Gasteiger partial charge in [0.25, 0.3) is 0 Å². The average molecular weight is 347 g/mol. The van der Waals surface area contributed by atoms with E-state index in [1.165, 1.54) is 5.56 Å². The summed E-state index contributed by atoms with van der Waals surface area (Å²) in [6.45, 7) is 9.87. The summed E-state index contributed by atoms with van der Waals surface area (Å²) in [5.74, 6) is -0.0390. The smallest absolute Gasteiger partial charge is 0.409 e. The highest BCUT2D eigenvalue weighted by Crippen LogP contribution is 2.21. The Balaban J connectivity index is 1.77. The first kappa shape index (κ1) is 19.2. The van der Waals surface area contributed by atoms with Crippen molar-refractivity contribution in [3.8, 4) is 0 Å². The number of piperidine rings is 1. The van der Waals surface area contributed by atoms with Gasteiger partial charge in [-0.05, 0) is 51.7 Å². The highest BCUT2D eigenvalue weighted by molar-refractivity contribution is 5.93. The first-order valence-corrected chi connectivity index (χ1v) is 8.93. The monoisotopic (exact) mass is 347 g/mol. The Morgan fingerprint density at radius 2 is 1.76 bits per heavy atom. The van der Waals surface area contributed by atoms with Crippen LogP contribution in [-0.2, 0) is 9.53 Å². The molecule has 1 fully saturated rings. The molecule has 0 unspecified atom stereocenters. The van der Waals surface area contributed by atoms with E-state index in [0.29, 0.717) is 19.7 Å². The molecule has 0 spiro atoms. The molecule has 2 rings (SSSR count). The molecule has 2 N–H and O–H groups in total. The molecular weight excluding hydrogens is 318 g/mol. The van der Waals surface area contributed by atoms with Crippen molar-refractivity contribution >= 4 is 17.7 Å². The molecule has 25 heavy (non-hydrogen) atoms. The fourth-order valence-corrected chi connectivity index (χ4v) is 3.28. The molecule has 6 nitrogen and oxygen atoms in total. The van der Waals surface area contributed by atoms with E-state index >= 15 is 0 Å². The molecule has 1 heterocycles. The van der Waals surface area contributed by atoms with Gasteiger partial charge in [0.2, 0.25) is 5.91 Å². The third-order valence-corrected chi connectivity index (χ3v) is 4.51. The summed E-state index contributed by atoms with van der Waals surface area (Å²) in [5.41, 5.74) is 4.25. The zero-order valence-electron chi connectivity index (χ0n) is 15.6. The average Bonchev–Trinajstić information content (AvgIpc) is 2.57. The predicted molar refractivity (Wildman–Crippen MR) is 98.9 cm³/mol. The van der Waals surface area contributed by atoms with Gasteiger partial charge in [0.15, 0.2) is 0 Å². The molecule has 0 radical (unpaired) electrons. The maximum atomic E-state index is 12.2. The highest BCUT2D eigenvalue weighted by Gasteiger charge is 2.23. The molecule has 1 aliphatic heterocycles. The van der Waals surface area contributed by atoms with Crippen LogP contribution >= 0.6 is 0 Å². The van der Waals surface area contributed by atoms with E-state index < -0.39 is 0 Å². The van der Waals surface area contributed by atoms with Crippen LogP contribution in [0.2, 0.25) is 0 Å². The fraction of sp³-hybridized carbons (Fsp3) is 0.579. The quantitative estimate of drug-likeness (QED) is 0.859. The van der Waals surface area contributed by atoms with Crippen molar-refractivity contribution in [1.29, 1.82) is 0 Å². The summed E-state index contributed by atoms with van der Waals surface area (Å²) in [4.78, 5) is 25.6. The van der Waals surface area contributed by atoms with Crippen molar-refractivity contribution in [3.05, 3.63) is 28.8 Å². The van der Waals surface area contributed by atoms with Crippen molar-refractivity contribution < 1.29 is 14.3 Å². The van der Waals surface area contributed by atoms with Crippen LogP contribution in [0.3, 0.4) is 0 Å². The van der Waals surface area contributed by atoms with Gasteiger partial charge >= 0.3 is 6.09 Å². The van der Waals surface area contributed by atoms with Crippen LogP contribution in [-0.4, -0.2) is 49.2 Å². The van der Waals surface area contributed by atoms with E-state index in [1.54, 1.807) is 4.90 Å². The third-order valence-electron chi connectivity index (χ3n) is 4.51. The fourth-order valence-electron chi connectivity index (χ4n) is 3.28. The lowest BCUT2D eigenvalue weighted by molar-refractivity contribution is -0.115. The normalized spacial score (nSPS) is 15.1. The van der Waals surface area contributed by atoms with E-state index in [4.69, 9.17) is 4.74 Å². The minimum Gasteiger partial charge on any atom is -0.450 e. The molecule has 2 amide bonds. The lowest BCUT2D eigenvalue weighted by Gasteiger charge is -2.31. The van der Waals surface area contributed by atoms with E-state index in [1.807, 2.05) is 20.8 Å². The molecule has 1 saturated heterocycles. The maximum Gasteiger partial charge on any atom is 0.409 e. The lowest BCUT2D eigenvalue weighted by atomic mass is 10.0. The Hall–Kier alpha value is -2.08. The van der Waals surface area contributed by atoms with Crippen LogP contribution in [0.4, 0.5) is 10.5 Å². The van der Waals surface area contributed by atoms with Gasteiger partial charge in [-0.25, -0.2) is 4.79 Å². The highest BCUT2D eigenvalue weighted by atomic mass is 16.6. The lowest BCUT2D eigenvalue weighted by Crippen LogP contribution is -2.46. The van der Waals surface area contributed by atoms with Crippen LogP contribution in [0, 0.1) is 20.8 Å². The molecule has 0 saturated carbocycles. The molecule has 1 aromatic carbocycles. The van der Waals surface area contributed by atoms with Gasteiger partial charge in [-0.15, -0.1) is 0 Å². The summed E-state index contributed by atoms with van der Waals surface area (Å²) >= 11 is 0. The molecule has 138 valence electrons. The number of benzene rings is 1. The predicted octanol–water partition coefficient (Wildman–Crippen LogP) is 2.76. The number of hydrogen-bond acceptors (Lipinski definition) is 4. The number of aryl methyl sites for hydroxylation is 3. The standard InChI is InChI=1S/C19H29N3O3/c1-5-25-19(24)22-8-6-16(7-9-22)20-12-17(23)21-18-14(3)10-13(2)11-15(18)4/h10-11,16,20H,5-9,12H2,1-4H3,(H,21,23). The Morgan fingerprint density at radius 1 is 1.16 bits per heavy atom. The van der Waals surface area contributed by atoms with Crippen LogP contribution in [0.5, 0.6) is 0 Å². The summed E-state index contributed by atoms with van der Waals surface area (Å²) in [6.07, 6.45) is 1.41. The van der Waals surface area contributed by atoms with Crippen molar-refractivity contribution in [2.75, 3.05) is 31.6 Å². The number of likely N-dealkylation sites (tertiary alicyclic amines) is 1. The van der Waals surface area contributed by atoms with Gasteiger partial charge in [0.1, 0.15) is 0 Å². The van der Waals surface area contributed by atoms with Gasteiger partial charge in [0, 0.05) is 24.8 Å². The zero-order valence-corrected chi connectivity index (χ0v) is 15.6. The van der Waals surface area contributed by atoms with Crippen molar-refractivity contribution in [3.63, 3.8) is 0 Å². The minimum absolute atomic E-state index is 0.0390. The van der Waals surface area contributed by atoms with Gasteiger partial charge in [-0.2, -0.15) is 0 Å². The molecule has 6 heteroatoms. The Kier molecular flexibility index (Phi) is 6.82. The van der Waals surface area contributed by atoms with Crippen LogP contribution in [0.1, 0.15) is 36.5 Å². The minimum atomic E-state index is -0.246. The second-order valence-electron chi connectivity index (χ2n) is 6.66. The molecule has 1 aliphatic rings. The van der Waals surface area contributed by atoms with Crippen LogP contribution < -0.4 is 10.6 Å². The first-order chi connectivity index (χ1) is 11.9. The summed E-state index contributed by atoms with van der Waals surface area (Å²) < 4.78 is 5.01. The zero-order chi connectivity index (χ0) is 18.4. The Labute approximate surface area is 149 Å². The summed E-state index contributed by atoms with van der Waals surface area (Å²) in [5, 5.41) is 6.30. The van der Waals surface area contributed by atoms with Crippen molar-refractivity contribution in [2.24, 2.45) is 0 Å². The number of nitrogens with zero attached hydrogens (tertiary/aromatic N) is 1. The molecule has 0 bridgehead atoms. The number of rotatable bonds is 5. The number of amides is 2. The van der Waals surface area contributed by atoms with Crippen LogP contribution in [0.25, 0.3) is 0 Å². The van der Waals surface area contributed by atoms with Crippen molar-refractivity contribution in [1.82, 2.24) is 10.2 Å². The molecular formula is C19H29N3O3. The molecule has 0 aromatic heterocycles. The topological polar surface area (TPSA) is 70.7 Å². The van der Waals surface area contributed by atoms with E-state index in [-0.39, 0.29) is 24.6 Å². The molecule has 1 aromatic rings. The van der Waals surface area contributed by atoms with E-state index in [9.17, 15) is 9.59 Å². The largest absolute Gasteiger partial charge is 0.450 e. The number of carbonyl (C=O) groups excluding carboxylic acids is 2. The first-order valence-electron chi connectivity index (χ1n) is 8.93. The molecule has 0 aliphatic carbocycles. The van der Waals surface area contributed by atoms with Gasteiger partial charge in [-0.1, -0.05) is 17.7 Å². The number of hydrogen-bond donors (Lipinski definition) is 2. The number of ether oxygens (including phenoxy) is 1. The second kappa shape index (κ2) is 8.85. The van der Waals surface area contributed by atoms with E-state index in [2.05, 4.69) is 29.7 Å². The SMILES string of the molecule is CCOC(=O)N1CCC(NCC(=O)Nc2c(C)cc(C)cc2C)CC1. The molecule has 0 atom stereocenters. The number of anilines is 1. The van der Waals surface area contributed by atoms with Crippen LogP contribution in [0.15, 0.2) is 12.1 Å². The Bertz CT molecular complexity index is 599. The third kappa shape index (κ3) is 5.46. The summed E-state index contributed by atoms with van der Waals surface area (Å²) in [7, 11) is 0. The van der Waals surface area contributed by atoms with Gasteiger partial charge < -0.3 is 20.3 Å². The van der Waals surface area contributed by atoms with Gasteiger partial charge in [-0.3, -0.25) is 4.79 Å². The van der Waals surface area contributed by atoms with Gasteiger partial charge in [0.05, 0.1) is 13.2 Å². The Morgan fingerprint density at radius 3 is 2.32 bits per heavy atom. The van der Waals surface area contributed by atoms with E-state index in [0.717, 1.165) is 29.7 Å². The number of nitrogens with one attached hydrogen (secondary N) is 2.